The summed E-state index contributed by atoms with van der Waals surface area (Å²) in [6, 6.07) is 73.5. The average Bonchev–Trinajstić information content (AvgIpc) is 3.98. The third-order valence-corrected chi connectivity index (χ3v) is 14.7. The molecule has 1 aliphatic rings. The maximum atomic E-state index is 6.97. The monoisotopic (exact) mass is 809 g/mol. The summed E-state index contributed by atoms with van der Waals surface area (Å²) in [5.41, 5.74) is 15.2. The molecule has 2 nitrogen and oxygen atoms in total. The van der Waals surface area contributed by atoms with E-state index in [1.165, 1.54) is 69.7 Å². The van der Waals surface area contributed by atoms with Crippen molar-refractivity contribution in [3.63, 3.8) is 0 Å². The van der Waals surface area contributed by atoms with Crippen molar-refractivity contribution in [1.29, 1.82) is 0 Å². The summed E-state index contributed by atoms with van der Waals surface area (Å²) in [4.78, 5) is 2.48. The summed E-state index contributed by atoms with van der Waals surface area (Å²) < 4.78 is 9.54. The summed E-state index contributed by atoms with van der Waals surface area (Å²) in [6.07, 6.45) is 0. The van der Waals surface area contributed by atoms with Crippen LogP contribution in [0.2, 0.25) is 0 Å². The summed E-state index contributed by atoms with van der Waals surface area (Å²) in [7, 11) is 0. The molecule has 0 saturated heterocycles. The van der Waals surface area contributed by atoms with Crippen molar-refractivity contribution >= 4 is 92.1 Å². The Morgan fingerprint density at radius 2 is 0.952 bits per heavy atom. The molecule has 0 unspecified atom stereocenters. The van der Waals surface area contributed by atoms with Crippen LogP contribution >= 0.6 is 11.3 Å². The van der Waals surface area contributed by atoms with Gasteiger partial charge in [-0.3, -0.25) is 0 Å². The summed E-state index contributed by atoms with van der Waals surface area (Å²) in [5, 5.41) is 9.65. The van der Waals surface area contributed by atoms with Gasteiger partial charge in [0.05, 0.1) is 16.1 Å². The molecule has 0 spiro atoms. The minimum absolute atomic E-state index is 0.114. The second-order valence-electron chi connectivity index (χ2n) is 17.2. The Morgan fingerprint density at radius 1 is 0.387 bits per heavy atom. The van der Waals surface area contributed by atoms with E-state index in [1.54, 1.807) is 0 Å². The van der Waals surface area contributed by atoms with Gasteiger partial charge in [0.2, 0.25) is 0 Å². The number of benzene rings is 10. The van der Waals surface area contributed by atoms with Crippen LogP contribution in [-0.2, 0) is 5.41 Å². The summed E-state index contributed by atoms with van der Waals surface area (Å²) in [6.45, 7) is 4.74. The molecule has 292 valence electrons. The zero-order chi connectivity index (χ0) is 41.1. The first-order chi connectivity index (χ1) is 30.5. The van der Waals surface area contributed by atoms with Crippen LogP contribution in [0.3, 0.4) is 0 Å². The van der Waals surface area contributed by atoms with Gasteiger partial charge in [-0.2, -0.15) is 0 Å². The molecule has 10 aromatic carbocycles. The van der Waals surface area contributed by atoms with Crippen LogP contribution in [0.1, 0.15) is 25.0 Å². The normalized spacial score (nSPS) is 13.1. The van der Waals surface area contributed by atoms with Crippen molar-refractivity contribution in [2.75, 3.05) is 4.90 Å². The highest BCUT2D eigenvalue weighted by molar-refractivity contribution is 7.27. The number of furan rings is 1. The Balaban J connectivity index is 1.04. The maximum absolute atomic E-state index is 6.97. The minimum atomic E-state index is -0.114. The zero-order valence-electron chi connectivity index (χ0n) is 34.3. The number of hydrogen-bond donors (Lipinski definition) is 0. The van der Waals surface area contributed by atoms with Gasteiger partial charge in [-0.1, -0.05) is 184 Å². The van der Waals surface area contributed by atoms with Gasteiger partial charge in [-0.05, 0) is 79.9 Å². The third-order valence-electron chi connectivity index (χ3n) is 13.4. The highest BCUT2D eigenvalue weighted by Gasteiger charge is 2.37. The van der Waals surface area contributed by atoms with Crippen LogP contribution in [0.15, 0.2) is 205 Å². The predicted molar refractivity (Wildman–Crippen MR) is 265 cm³/mol. The van der Waals surface area contributed by atoms with Crippen LogP contribution in [0.4, 0.5) is 17.1 Å². The van der Waals surface area contributed by atoms with Gasteiger partial charge < -0.3 is 9.32 Å². The SMILES string of the molecule is CC1(C)c2ccccc2-c2cccc(-c3ccc(N(c4ccccc4-c4cccc5c4oc4c6ccccc6ccc54)c4cccc5c4sc4c6ccccc6ccc54)cc3)c21. The van der Waals surface area contributed by atoms with Crippen LogP contribution in [-0.4, -0.2) is 0 Å². The lowest BCUT2D eigenvalue weighted by molar-refractivity contribution is 0.662. The average molecular weight is 810 g/mol. The molecule has 0 saturated carbocycles. The first-order valence-corrected chi connectivity index (χ1v) is 22.2. The molecule has 3 heteroatoms. The number of anilines is 3. The highest BCUT2D eigenvalue weighted by atomic mass is 32.1. The topological polar surface area (TPSA) is 16.4 Å². The number of hydrogen-bond acceptors (Lipinski definition) is 3. The van der Waals surface area contributed by atoms with Gasteiger partial charge in [0.15, 0.2) is 0 Å². The van der Waals surface area contributed by atoms with Crippen LogP contribution in [0.5, 0.6) is 0 Å². The van der Waals surface area contributed by atoms with Crippen molar-refractivity contribution in [2.24, 2.45) is 0 Å². The fraction of sp³-hybridized carbons (Fsp3) is 0.0508. The standard InChI is InChI=1S/C59H39NOS/c1-59(2)51-25-9-7-18-43(51)45-21-11-20-40(54(45)59)38-28-32-39(33-29-38)60(53-27-13-24-49-50-35-31-37-15-4-6-17-42(37)57(50)62-58(49)53)52-26-10-8-19-44(52)46-22-12-23-47-48-34-30-36-14-3-5-16-41(36)55(48)61-56(46)47/h3-35H,1-2H3. The Kier molecular flexibility index (Phi) is 7.56. The molecule has 62 heavy (non-hydrogen) atoms. The van der Waals surface area contributed by atoms with E-state index in [0.29, 0.717) is 0 Å². The maximum Gasteiger partial charge on any atom is 0.143 e. The van der Waals surface area contributed by atoms with Gasteiger partial charge in [0.1, 0.15) is 11.2 Å². The highest BCUT2D eigenvalue weighted by Crippen LogP contribution is 2.53. The molecular formula is C59H39NOS. The molecule has 0 N–H and O–H groups in total. The van der Waals surface area contributed by atoms with Crippen molar-refractivity contribution < 1.29 is 4.42 Å². The molecule has 0 atom stereocenters. The van der Waals surface area contributed by atoms with E-state index in [4.69, 9.17) is 4.42 Å². The van der Waals surface area contributed by atoms with E-state index in [0.717, 1.165) is 55.5 Å². The molecule has 0 amide bonds. The molecule has 13 rings (SSSR count). The third kappa shape index (κ3) is 5.03. The van der Waals surface area contributed by atoms with Crippen molar-refractivity contribution in [1.82, 2.24) is 0 Å². The lowest BCUT2D eigenvalue weighted by Crippen LogP contribution is -2.16. The second kappa shape index (κ2) is 13.3. The molecular weight excluding hydrogens is 771 g/mol. The smallest absolute Gasteiger partial charge is 0.143 e. The fourth-order valence-corrected chi connectivity index (χ4v) is 11.9. The number of rotatable bonds is 5. The van der Waals surface area contributed by atoms with E-state index in [1.807, 2.05) is 11.3 Å². The predicted octanol–water partition coefficient (Wildman–Crippen LogP) is 17.4. The quantitative estimate of drug-likeness (QED) is 0.172. The molecule has 2 heterocycles. The first kappa shape index (κ1) is 35.3. The lowest BCUT2D eigenvalue weighted by Gasteiger charge is -2.29. The summed E-state index contributed by atoms with van der Waals surface area (Å²) in [5.74, 6) is 0. The number of fused-ring (bicyclic) bond motifs is 13. The fourth-order valence-electron chi connectivity index (χ4n) is 10.6. The van der Waals surface area contributed by atoms with Gasteiger partial charge in [-0.25, -0.2) is 0 Å². The Bertz CT molecular complexity index is 3790. The minimum Gasteiger partial charge on any atom is -0.455 e. The van der Waals surface area contributed by atoms with Gasteiger partial charge >= 0.3 is 0 Å². The molecule has 2 aromatic heterocycles. The van der Waals surface area contributed by atoms with E-state index in [9.17, 15) is 0 Å². The van der Waals surface area contributed by atoms with Crippen LogP contribution in [0, 0.1) is 0 Å². The van der Waals surface area contributed by atoms with E-state index in [-0.39, 0.29) is 5.41 Å². The molecule has 0 bridgehead atoms. The molecule has 12 aromatic rings. The zero-order valence-corrected chi connectivity index (χ0v) is 35.1. The van der Waals surface area contributed by atoms with E-state index >= 15 is 0 Å². The Labute approximate surface area is 363 Å². The largest absolute Gasteiger partial charge is 0.455 e. The van der Waals surface area contributed by atoms with E-state index in [2.05, 4.69) is 219 Å². The van der Waals surface area contributed by atoms with Crippen molar-refractivity contribution in [3.8, 4) is 33.4 Å². The molecule has 0 fully saturated rings. The van der Waals surface area contributed by atoms with Gasteiger partial charge in [-0.15, -0.1) is 11.3 Å². The summed E-state index contributed by atoms with van der Waals surface area (Å²) >= 11 is 1.89. The molecule has 0 radical (unpaired) electrons. The lowest BCUT2D eigenvalue weighted by atomic mass is 9.79. The number of thiophene rings is 1. The first-order valence-electron chi connectivity index (χ1n) is 21.4. The van der Waals surface area contributed by atoms with Crippen LogP contribution < -0.4 is 4.90 Å². The molecule has 0 aliphatic heterocycles. The Hall–Kier alpha value is -7.46. The van der Waals surface area contributed by atoms with Crippen molar-refractivity contribution in [2.45, 2.75) is 19.3 Å². The van der Waals surface area contributed by atoms with Gasteiger partial charge in [0, 0.05) is 53.9 Å². The number of nitrogens with zero attached hydrogens (tertiary/aromatic N) is 1. The van der Waals surface area contributed by atoms with Gasteiger partial charge in [0.25, 0.3) is 0 Å². The second-order valence-corrected chi connectivity index (χ2v) is 18.2. The number of para-hydroxylation sites is 2. The Morgan fingerprint density at radius 3 is 1.81 bits per heavy atom. The van der Waals surface area contributed by atoms with Crippen molar-refractivity contribution in [3.05, 3.63) is 211 Å². The van der Waals surface area contributed by atoms with E-state index < -0.39 is 0 Å². The molecule has 1 aliphatic carbocycles. The van der Waals surface area contributed by atoms with Crippen LogP contribution in [0.25, 0.3) is 97.0 Å².